The zero-order chi connectivity index (χ0) is 17.8. The SMILES string of the molecule is CC(C)c1ccc2c(c1)CCC2.CC(C)c1ccc2c(c1)CCCC2. The highest BCUT2D eigenvalue weighted by Crippen LogP contribution is 2.26. The third-order valence-electron chi connectivity index (χ3n) is 5.83. The van der Waals surface area contributed by atoms with E-state index in [4.69, 9.17) is 0 Å². The number of hydrogen-bond donors (Lipinski definition) is 0. The van der Waals surface area contributed by atoms with E-state index < -0.39 is 0 Å². The average molecular weight is 335 g/mol. The van der Waals surface area contributed by atoms with E-state index in [-0.39, 0.29) is 0 Å². The van der Waals surface area contributed by atoms with Crippen LogP contribution < -0.4 is 0 Å². The molecular weight excluding hydrogens is 300 g/mol. The van der Waals surface area contributed by atoms with Crippen molar-refractivity contribution < 1.29 is 0 Å². The second kappa shape index (κ2) is 8.21. The van der Waals surface area contributed by atoms with E-state index >= 15 is 0 Å². The number of aryl methyl sites for hydroxylation is 4. The Hall–Kier alpha value is -1.56. The summed E-state index contributed by atoms with van der Waals surface area (Å²) in [6.07, 6.45) is 9.33. The fraction of sp³-hybridized carbons (Fsp3) is 0.520. The summed E-state index contributed by atoms with van der Waals surface area (Å²) in [5, 5.41) is 0. The molecule has 0 saturated heterocycles. The smallest absolute Gasteiger partial charge is 0.0219 e. The van der Waals surface area contributed by atoms with Crippen LogP contribution in [0.1, 0.15) is 92.2 Å². The van der Waals surface area contributed by atoms with Gasteiger partial charge >= 0.3 is 0 Å². The van der Waals surface area contributed by atoms with Gasteiger partial charge in [-0.2, -0.15) is 0 Å². The van der Waals surface area contributed by atoms with Crippen LogP contribution in [0, 0.1) is 0 Å². The summed E-state index contributed by atoms with van der Waals surface area (Å²) in [6.45, 7) is 9.06. The zero-order valence-electron chi connectivity index (χ0n) is 16.6. The molecule has 0 spiro atoms. The molecule has 0 nitrogen and oxygen atoms in total. The average Bonchev–Trinajstić information content (AvgIpc) is 3.09. The molecule has 0 aromatic heterocycles. The molecule has 0 N–H and O–H groups in total. The standard InChI is InChI=1S/C13H18.C12H16/c1-10(2)12-8-7-11-5-3-4-6-13(11)9-12;1-9(2)11-7-6-10-4-3-5-12(10)8-11/h7-10H,3-6H2,1-2H3;6-9H,3-5H2,1-2H3. The molecule has 2 aromatic rings. The third-order valence-corrected chi connectivity index (χ3v) is 5.83. The topological polar surface area (TPSA) is 0 Å². The van der Waals surface area contributed by atoms with Gasteiger partial charge in [0.25, 0.3) is 0 Å². The van der Waals surface area contributed by atoms with Gasteiger partial charge in [0, 0.05) is 0 Å². The Bertz CT molecular complexity index is 706. The summed E-state index contributed by atoms with van der Waals surface area (Å²) in [6, 6.07) is 14.1. The second-order valence-corrected chi connectivity index (χ2v) is 8.43. The van der Waals surface area contributed by atoms with E-state index in [1.807, 2.05) is 0 Å². The van der Waals surface area contributed by atoms with Gasteiger partial charge in [-0.1, -0.05) is 64.1 Å². The van der Waals surface area contributed by atoms with E-state index in [9.17, 15) is 0 Å². The quantitative estimate of drug-likeness (QED) is 0.555. The van der Waals surface area contributed by atoms with Gasteiger partial charge in [0.15, 0.2) is 0 Å². The van der Waals surface area contributed by atoms with Crippen LogP contribution in [-0.4, -0.2) is 0 Å². The number of fused-ring (bicyclic) bond motifs is 2. The van der Waals surface area contributed by atoms with Crippen molar-refractivity contribution in [3.63, 3.8) is 0 Å². The summed E-state index contributed by atoms with van der Waals surface area (Å²) in [5.41, 5.74) is 9.38. The van der Waals surface area contributed by atoms with Crippen LogP contribution >= 0.6 is 0 Å². The lowest BCUT2D eigenvalue weighted by Gasteiger charge is -2.17. The molecule has 0 unspecified atom stereocenters. The van der Waals surface area contributed by atoms with E-state index in [0.29, 0.717) is 11.8 Å². The van der Waals surface area contributed by atoms with Crippen LogP contribution in [0.15, 0.2) is 36.4 Å². The van der Waals surface area contributed by atoms with Crippen LogP contribution in [0.5, 0.6) is 0 Å². The largest absolute Gasteiger partial charge is 0.0587 e. The fourth-order valence-electron chi connectivity index (χ4n) is 4.06. The van der Waals surface area contributed by atoms with Crippen molar-refractivity contribution in [1.82, 2.24) is 0 Å². The summed E-state index contributed by atoms with van der Waals surface area (Å²) >= 11 is 0. The van der Waals surface area contributed by atoms with Crippen molar-refractivity contribution in [1.29, 1.82) is 0 Å². The maximum atomic E-state index is 2.42. The van der Waals surface area contributed by atoms with Crippen molar-refractivity contribution in [3.05, 3.63) is 69.8 Å². The van der Waals surface area contributed by atoms with Crippen LogP contribution in [-0.2, 0) is 25.7 Å². The molecule has 0 fully saturated rings. The lowest BCUT2D eigenvalue weighted by molar-refractivity contribution is 0.682. The highest BCUT2D eigenvalue weighted by Gasteiger charge is 2.11. The molecule has 0 saturated carbocycles. The van der Waals surface area contributed by atoms with Gasteiger partial charge in [-0.3, -0.25) is 0 Å². The molecule has 25 heavy (non-hydrogen) atoms. The van der Waals surface area contributed by atoms with E-state index in [0.717, 1.165) is 0 Å². The molecule has 4 rings (SSSR count). The first-order valence-corrected chi connectivity index (χ1v) is 10.3. The Morgan fingerprint density at radius 3 is 1.40 bits per heavy atom. The summed E-state index contributed by atoms with van der Waals surface area (Å²) in [4.78, 5) is 0. The minimum Gasteiger partial charge on any atom is -0.0587 e. The molecule has 2 aromatic carbocycles. The van der Waals surface area contributed by atoms with Crippen LogP contribution in [0.2, 0.25) is 0 Å². The molecule has 0 aliphatic heterocycles. The van der Waals surface area contributed by atoms with Gasteiger partial charge < -0.3 is 0 Å². The Balaban J connectivity index is 0.000000146. The number of hydrogen-bond acceptors (Lipinski definition) is 0. The monoisotopic (exact) mass is 334 g/mol. The molecule has 0 heterocycles. The lowest BCUT2D eigenvalue weighted by atomic mass is 9.88. The summed E-state index contributed by atoms with van der Waals surface area (Å²) in [7, 11) is 0. The van der Waals surface area contributed by atoms with Crippen LogP contribution in [0.3, 0.4) is 0 Å². The lowest BCUT2D eigenvalue weighted by Crippen LogP contribution is -2.03. The normalized spacial score (nSPS) is 15.6. The molecule has 134 valence electrons. The highest BCUT2D eigenvalue weighted by atomic mass is 14.2. The first-order chi connectivity index (χ1) is 12.0. The molecular formula is C25H34. The van der Waals surface area contributed by atoms with Crippen LogP contribution in [0.4, 0.5) is 0 Å². The molecule has 0 heteroatoms. The van der Waals surface area contributed by atoms with Gasteiger partial charge in [-0.25, -0.2) is 0 Å². The number of benzene rings is 2. The zero-order valence-corrected chi connectivity index (χ0v) is 16.6. The van der Waals surface area contributed by atoms with Crippen molar-refractivity contribution in [2.45, 2.75) is 84.5 Å². The van der Waals surface area contributed by atoms with E-state index in [1.54, 1.807) is 22.3 Å². The van der Waals surface area contributed by atoms with E-state index in [1.165, 1.54) is 56.1 Å². The molecule has 0 radical (unpaired) electrons. The summed E-state index contributed by atoms with van der Waals surface area (Å²) in [5.74, 6) is 1.35. The maximum absolute atomic E-state index is 2.42. The highest BCUT2D eigenvalue weighted by molar-refractivity contribution is 5.36. The predicted molar refractivity (Wildman–Crippen MR) is 110 cm³/mol. The predicted octanol–water partition coefficient (Wildman–Crippen LogP) is 6.99. The first-order valence-electron chi connectivity index (χ1n) is 10.3. The summed E-state index contributed by atoms with van der Waals surface area (Å²) < 4.78 is 0. The molecule has 2 aliphatic carbocycles. The van der Waals surface area contributed by atoms with E-state index in [2.05, 4.69) is 64.1 Å². The van der Waals surface area contributed by atoms with Gasteiger partial charge in [-0.05, 0) is 90.2 Å². The van der Waals surface area contributed by atoms with Crippen LogP contribution in [0.25, 0.3) is 0 Å². The van der Waals surface area contributed by atoms with Crippen molar-refractivity contribution in [2.75, 3.05) is 0 Å². The first kappa shape index (κ1) is 18.2. The van der Waals surface area contributed by atoms with Crippen molar-refractivity contribution >= 4 is 0 Å². The molecule has 0 bridgehead atoms. The Labute approximate surface area is 154 Å². The van der Waals surface area contributed by atoms with Gasteiger partial charge in [-0.15, -0.1) is 0 Å². The minimum absolute atomic E-state index is 0.673. The van der Waals surface area contributed by atoms with Gasteiger partial charge in [0.2, 0.25) is 0 Å². The van der Waals surface area contributed by atoms with Crippen molar-refractivity contribution in [3.8, 4) is 0 Å². The maximum Gasteiger partial charge on any atom is -0.0219 e. The van der Waals surface area contributed by atoms with Crippen molar-refractivity contribution in [2.24, 2.45) is 0 Å². The molecule has 0 amide bonds. The third kappa shape index (κ3) is 4.54. The molecule has 2 aliphatic rings. The number of rotatable bonds is 2. The minimum atomic E-state index is 0.673. The molecule has 0 atom stereocenters. The van der Waals surface area contributed by atoms with Gasteiger partial charge in [0.05, 0.1) is 0 Å². The Morgan fingerprint density at radius 2 is 0.920 bits per heavy atom. The second-order valence-electron chi connectivity index (χ2n) is 8.43. The van der Waals surface area contributed by atoms with Gasteiger partial charge in [0.1, 0.15) is 0 Å². The Morgan fingerprint density at radius 1 is 0.520 bits per heavy atom. The Kier molecular flexibility index (Phi) is 5.99. The fourth-order valence-corrected chi connectivity index (χ4v) is 4.06.